The first-order chi connectivity index (χ1) is 14.6. The third-order valence-corrected chi connectivity index (χ3v) is 4.07. The van der Waals surface area contributed by atoms with Gasteiger partial charge in [0.25, 0.3) is 5.91 Å². The van der Waals surface area contributed by atoms with Crippen molar-refractivity contribution in [2.75, 3.05) is 7.11 Å². The molecular weight excluding hydrogens is 386 g/mol. The Bertz CT molecular complexity index is 1070. The van der Waals surface area contributed by atoms with Crippen LogP contribution >= 0.6 is 0 Å². The molecule has 0 radical (unpaired) electrons. The van der Waals surface area contributed by atoms with Crippen LogP contribution in [-0.4, -0.2) is 30.2 Å². The number of aromatic nitrogens is 1. The number of carboxylic acid groups (broad SMARTS) is 1. The quantitative estimate of drug-likeness (QED) is 0.452. The summed E-state index contributed by atoms with van der Waals surface area (Å²) in [5.74, 6) is -0.641. The molecule has 0 aliphatic heterocycles. The van der Waals surface area contributed by atoms with E-state index in [1.807, 2.05) is 0 Å². The van der Waals surface area contributed by atoms with E-state index in [0.29, 0.717) is 28.2 Å². The van der Waals surface area contributed by atoms with Gasteiger partial charge in [0.2, 0.25) is 0 Å². The number of methoxy groups -OCH3 is 1. The minimum Gasteiger partial charge on any atom is -0.545 e. The van der Waals surface area contributed by atoms with Crippen LogP contribution in [0.15, 0.2) is 72.1 Å². The van der Waals surface area contributed by atoms with Crippen LogP contribution in [0, 0.1) is 0 Å². The van der Waals surface area contributed by atoms with Gasteiger partial charge in [0.05, 0.1) is 19.3 Å². The number of nitrogens with zero attached hydrogens (tertiary/aromatic N) is 2. The maximum Gasteiger partial charge on any atom is 0.271 e. The molecule has 1 N–H and O–H groups in total. The van der Waals surface area contributed by atoms with E-state index >= 15 is 0 Å². The fraction of sp³-hybridized carbons (Fsp3) is 0.0909. The van der Waals surface area contributed by atoms with Gasteiger partial charge in [0.15, 0.2) is 11.5 Å². The van der Waals surface area contributed by atoms with E-state index < -0.39 is 5.97 Å². The van der Waals surface area contributed by atoms with E-state index in [2.05, 4.69) is 15.5 Å². The van der Waals surface area contributed by atoms with Crippen LogP contribution in [0.3, 0.4) is 0 Å². The molecule has 1 aromatic heterocycles. The molecule has 0 fully saturated rings. The smallest absolute Gasteiger partial charge is 0.271 e. The Morgan fingerprint density at radius 2 is 1.87 bits per heavy atom. The number of benzene rings is 2. The van der Waals surface area contributed by atoms with Gasteiger partial charge >= 0.3 is 0 Å². The number of carboxylic acids is 1. The van der Waals surface area contributed by atoms with Gasteiger partial charge in [-0.15, -0.1) is 0 Å². The van der Waals surface area contributed by atoms with Crippen LogP contribution in [0.1, 0.15) is 31.8 Å². The number of pyridine rings is 1. The average Bonchev–Trinajstić information content (AvgIpc) is 2.78. The van der Waals surface area contributed by atoms with Gasteiger partial charge in [-0.2, -0.15) is 5.10 Å². The van der Waals surface area contributed by atoms with Crippen molar-refractivity contribution in [3.8, 4) is 11.5 Å². The molecule has 8 heteroatoms. The van der Waals surface area contributed by atoms with E-state index in [1.165, 1.54) is 37.9 Å². The fourth-order valence-corrected chi connectivity index (χ4v) is 2.57. The normalized spacial score (nSPS) is 10.6. The van der Waals surface area contributed by atoms with Crippen LogP contribution in [0.2, 0.25) is 0 Å². The van der Waals surface area contributed by atoms with E-state index in [-0.39, 0.29) is 18.1 Å². The molecule has 0 aliphatic rings. The largest absolute Gasteiger partial charge is 0.545 e. The van der Waals surface area contributed by atoms with Crippen LogP contribution in [0.4, 0.5) is 0 Å². The number of hydrogen-bond acceptors (Lipinski definition) is 7. The highest BCUT2D eigenvalue weighted by molar-refractivity contribution is 5.94. The molecule has 1 heterocycles. The summed E-state index contributed by atoms with van der Waals surface area (Å²) in [6.07, 6.45) is 4.53. The molecule has 0 bridgehead atoms. The van der Waals surface area contributed by atoms with Gasteiger partial charge in [-0.25, -0.2) is 5.43 Å². The molecule has 152 valence electrons. The summed E-state index contributed by atoms with van der Waals surface area (Å²) in [5.41, 5.74) is 4.35. The van der Waals surface area contributed by atoms with Crippen molar-refractivity contribution in [2.45, 2.75) is 6.61 Å². The van der Waals surface area contributed by atoms with Gasteiger partial charge in [-0.05, 0) is 53.1 Å². The number of hydrogen-bond donors (Lipinski definition) is 1. The number of nitrogens with one attached hydrogen (secondary N) is 1. The van der Waals surface area contributed by atoms with Crippen molar-refractivity contribution in [1.29, 1.82) is 0 Å². The molecule has 0 saturated heterocycles. The lowest BCUT2D eigenvalue weighted by atomic mass is 10.1. The number of ether oxygens (including phenoxy) is 2. The van der Waals surface area contributed by atoms with Gasteiger partial charge in [0.1, 0.15) is 6.61 Å². The Morgan fingerprint density at radius 3 is 2.60 bits per heavy atom. The second-order valence-corrected chi connectivity index (χ2v) is 6.12. The highest BCUT2D eigenvalue weighted by atomic mass is 16.5. The third-order valence-electron chi connectivity index (χ3n) is 4.07. The van der Waals surface area contributed by atoms with Crippen molar-refractivity contribution >= 4 is 18.1 Å². The molecular formula is C22H18N3O5-. The summed E-state index contributed by atoms with van der Waals surface area (Å²) < 4.78 is 11.1. The molecule has 0 spiro atoms. The van der Waals surface area contributed by atoms with E-state index in [9.17, 15) is 14.7 Å². The Morgan fingerprint density at radius 1 is 1.07 bits per heavy atom. The van der Waals surface area contributed by atoms with E-state index in [0.717, 1.165) is 0 Å². The predicted octanol–water partition coefficient (Wildman–Crippen LogP) is 1.80. The maximum atomic E-state index is 12.0. The van der Waals surface area contributed by atoms with Crippen LogP contribution in [0.25, 0.3) is 0 Å². The molecule has 0 aliphatic carbocycles. The monoisotopic (exact) mass is 404 g/mol. The van der Waals surface area contributed by atoms with Crippen LogP contribution in [0.5, 0.6) is 11.5 Å². The fourth-order valence-electron chi connectivity index (χ4n) is 2.57. The van der Waals surface area contributed by atoms with Crippen LogP contribution < -0.4 is 20.0 Å². The lowest BCUT2D eigenvalue weighted by Gasteiger charge is -2.12. The molecule has 3 aromatic rings. The molecule has 8 nitrogen and oxygen atoms in total. The molecule has 0 unspecified atom stereocenters. The molecule has 30 heavy (non-hydrogen) atoms. The Labute approximate surface area is 172 Å². The highest BCUT2D eigenvalue weighted by Crippen LogP contribution is 2.28. The average molecular weight is 404 g/mol. The van der Waals surface area contributed by atoms with E-state index in [1.54, 1.807) is 42.5 Å². The Kier molecular flexibility index (Phi) is 6.73. The highest BCUT2D eigenvalue weighted by Gasteiger charge is 2.07. The Hall–Kier alpha value is -4.20. The summed E-state index contributed by atoms with van der Waals surface area (Å²) in [6.45, 7) is 0.160. The zero-order valence-electron chi connectivity index (χ0n) is 16.1. The Balaban J connectivity index is 1.64. The first-order valence-corrected chi connectivity index (χ1v) is 8.91. The van der Waals surface area contributed by atoms with Gasteiger partial charge in [0, 0.05) is 18.0 Å². The molecule has 1 amide bonds. The minimum absolute atomic E-state index is 0.0865. The second-order valence-electron chi connectivity index (χ2n) is 6.12. The predicted molar refractivity (Wildman–Crippen MR) is 107 cm³/mol. The minimum atomic E-state index is -1.24. The van der Waals surface area contributed by atoms with Crippen molar-refractivity contribution in [2.24, 2.45) is 5.10 Å². The van der Waals surface area contributed by atoms with Gasteiger partial charge in [-0.3, -0.25) is 9.78 Å². The summed E-state index contributed by atoms with van der Waals surface area (Å²) in [6, 6.07) is 14.7. The molecule has 0 saturated carbocycles. The third kappa shape index (κ3) is 5.41. The van der Waals surface area contributed by atoms with Crippen molar-refractivity contribution < 1.29 is 24.2 Å². The first-order valence-electron chi connectivity index (χ1n) is 8.91. The second kappa shape index (κ2) is 9.83. The lowest BCUT2D eigenvalue weighted by molar-refractivity contribution is -0.255. The summed E-state index contributed by atoms with van der Waals surface area (Å²) in [4.78, 5) is 26.8. The number of carbonyl (C=O) groups is 2. The van der Waals surface area contributed by atoms with Crippen LogP contribution in [-0.2, 0) is 6.61 Å². The number of amides is 1. The first kappa shape index (κ1) is 20.5. The van der Waals surface area contributed by atoms with Crippen molar-refractivity contribution in [1.82, 2.24) is 10.4 Å². The lowest BCUT2D eigenvalue weighted by Crippen LogP contribution is -2.22. The number of rotatable bonds is 8. The molecule has 2 aromatic carbocycles. The topological polar surface area (TPSA) is 113 Å². The van der Waals surface area contributed by atoms with Crippen molar-refractivity contribution in [3.63, 3.8) is 0 Å². The van der Waals surface area contributed by atoms with Gasteiger partial charge in [-0.1, -0.05) is 18.2 Å². The zero-order valence-corrected chi connectivity index (χ0v) is 16.1. The van der Waals surface area contributed by atoms with E-state index in [4.69, 9.17) is 9.47 Å². The SMILES string of the molecule is COc1cc(/C=N/NC(=O)c2ccncc2)ccc1OCc1cccc(C(=O)[O-])c1. The summed E-state index contributed by atoms with van der Waals surface area (Å²) in [7, 11) is 1.51. The summed E-state index contributed by atoms with van der Waals surface area (Å²) >= 11 is 0. The summed E-state index contributed by atoms with van der Waals surface area (Å²) in [5, 5.41) is 14.9. The molecule has 0 atom stereocenters. The standard InChI is InChI=1S/C22H19N3O5/c1-29-20-12-15(13-24-25-21(26)17-7-9-23-10-8-17)5-6-19(20)30-14-16-3-2-4-18(11-16)22(27)28/h2-13H,14H2,1H3,(H,25,26)(H,27,28)/p-1/b24-13+. The van der Waals surface area contributed by atoms with Crippen molar-refractivity contribution in [3.05, 3.63) is 89.2 Å². The maximum absolute atomic E-state index is 12.0. The van der Waals surface area contributed by atoms with Gasteiger partial charge < -0.3 is 19.4 Å². The zero-order chi connectivity index (χ0) is 21.3. The molecule has 3 rings (SSSR count). The number of carbonyl (C=O) groups excluding carboxylic acids is 2. The number of aromatic carboxylic acids is 1. The number of hydrazone groups is 1.